The second-order valence-electron chi connectivity index (χ2n) is 2.13. The number of thiophene rings is 1. The van der Waals surface area contributed by atoms with Gasteiger partial charge < -0.3 is 10.8 Å². The third-order valence-electron chi connectivity index (χ3n) is 1.35. The van der Waals surface area contributed by atoms with Crippen LogP contribution in [0.1, 0.15) is 17.3 Å². The average molecular weight is 157 g/mol. The van der Waals surface area contributed by atoms with Gasteiger partial charge >= 0.3 is 0 Å². The molecule has 0 aromatic carbocycles. The van der Waals surface area contributed by atoms with Crippen molar-refractivity contribution in [2.24, 2.45) is 5.73 Å². The summed E-state index contributed by atoms with van der Waals surface area (Å²) < 4.78 is 0. The minimum atomic E-state index is 0.0185. The minimum absolute atomic E-state index is 0.0185. The van der Waals surface area contributed by atoms with Gasteiger partial charge in [0.2, 0.25) is 0 Å². The van der Waals surface area contributed by atoms with Gasteiger partial charge in [0.1, 0.15) is 0 Å². The molecule has 0 saturated heterocycles. The number of aliphatic hydroxyl groups is 1. The van der Waals surface area contributed by atoms with Gasteiger partial charge in [-0.1, -0.05) is 6.07 Å². The Morgan fingerprint density at radius 1 is 1.70 bits per heavy atom. The summed E-state index contributed by atoms with van der Waals surface area (Å²) in [6, 6.07) is 3.98. The van der Waals surface area contributed by atoms with Crippen molar-refractivity contribution in [1.29, 1.82) is 0 Å². The molecule has 0 bridgehead atoms. The van der Waals surface area contributed by atoms with Crippen LogP contribution in [0.5, 0.6) is 0 Å². The van der Waals surface area contributed by atoms with Crippen molar-refractivity contribution in [3.8, 4) is 0 Å². The number of nitrogens with two attached hydrogens (primary N) is 1. The third kappa shape index (κ3) is 1.80. The van der Waals surface area contributed by atoms with Crippen molar-refractivity contribution < 1.29 is 5.11 Å². The second kappa shape index (κ2) is 3.71. The highest BCUT2D eigenvalue weighted by atomic mass is 32.1. The minimum Gasteiger partial charge on any atom is -0.396 e. The van der Waals surface area contributed by atoms with Crippen LogP contribution in [0, 0.1) is 0 Å². The van der Waals surface area contributed by atoms with Crippen LogP contribution in [-0.4, -0.2) is 11.7 Å². The Balaban J connectivity index is 2.50. The monoisotopic (exact) mass is 157 g/mol. The first-order valence-corrected chi connectivity index (χ1v) is 4.12. The maximum atomic E-state index is 8.56. The lowest BCUT2D eigenvalue weighted by Crippen LogP contribution is -2.09. The van der Waals surface area contributed by atoms with Gasteiger partial charge in [-0.3, -0.25) is 0 Å². The van der Waals surface area contributed by atoms with Crippen molar-refractivity contribution in [3.63, 3.8) is 0 Å². The molecule has 3 N–H and O–H groups in total. The molecule has 1 aromatic rings. The van der Waals surface area contributed by atoms with E-state index in [0.29, 0.717) is 6.42 Å². The van der Waals surface area contributed by atoms with Crippen LogP contribution in [0.3, 0.4) is 0 Å². The molecule has 1 atom stereocenters. The average Bonchev–Trinajstić information content (AvgIpc) is 2.38. The zero-order chi connectivity index (χ0) is 7.40. The molecule has 0 aliphatic carbocycles. The normalized spacial score (nSPS) is 13.4. The molecule has 1 aromatic heterocycles. The molecular weight excluding hydrogens is 146 g/mol. The van der Waals surface area contributed by atoms with E-state index in [1.165, 1.54) is 0 Å². The van der Waals surface area contributed by atoms with Gasteiger partial charge in [0.05, 0.1) is 0 Å². The summed E-state index contributed by atoms with van der Waals surface area (Å²) in [4.78, 5) is 1.15. The Morgan fingerprint density at radius 3 is 3.00 bits per heavy atom. The third-order valence-corrected chi connectivity index (χ3v) is 2.35. The predicted octanol–water partition coefficient (Wildman–Crippen LogP) is 1.13. The molecule has 0 spiro atoms. The molecule has 0 aliphatic rings. The lowest BCUT2D eigenvalue weighted by atomic mass is 10.2. The maximum Gasteiger partial charge on any atom is 0.0449 e. The maximum absolute atomic E-state index is 8.56. The highest BCUT2D eigenvalue weighted by Crippen LogP contribution is 2.18. The van der Waals surface area contributed by atoms with Crippen molar-refractivity contribution in [3.05, 3.63) is 22.4 Å². The first kappa shape index (κ1) is 7.72. The van der Waals surface area contributed by atoms with Crippen LogP contribution in [-0.2, 0) is 0 Å². The molecule has 0 saturated carbocycles. The zero-order valence-corrected chi connectivity index (χ0v) is 6.47. The standard InChI is InChI=1S/C7H11NOS/c8-6(3-4-9)7-2-1-5-10-7/h1-2,5-6,9H,3-4,8H2. The molecule has 56 valence electrons. The Morgan fingerprint density at radius 2 is 2.50 bits per heavy atom. The molecule has 2 nitrogen and oxygen atoms in total. The van der Waals surface area contributed by atoms with Crippen molar-refractivity contribution in [2.45, 2.75) is 12.5 Å². The van der Waals surface area contributed by atoms with Gasteiger partial charge in [-0.25, -0.2) is 0 Å². The Kier molecular flexibility index (Phi) is 2.86. The Labute approximate surface area is 64.3 Å². The van der Waals surface area contributed by atoms with Gasteiger partial charge in [0.15, 0.2) is 0 Å². The van der Waals surface area contributed by atoms with Crippen LogP contribution in [0.25, 0.3) is 0 Å². The van der Waals surface area contributed by atoms with Gasteiger partial charge in [0.25, 0.3) is 0 Å². The number of hydrogen-bond donors (Lipinski definition) is 2. The van der Waals surface area contributed by atoms with Crippen LogP contribution < -0.4 is 5.73 Å². The van der Waals surface area contributed by atoms with E-state index in [-0.39, 0.29) is 12.6 Å². The SMILES string of the molecule is NC(CCO)c1cccs1. The fraction of sp³-hybridized carbons (Fsp3) is 0.429. The van der Waals surface area contributed by atoms with Crippen LogP contribution in [0.15, 0.2) is 17.5 Å². The molecule has 10 heavy (non-hydrogen) atoms. The topological polar surface area (TPSA) is 46.2 Å². The summed E-state index contributed by atoms with van der Waals surface area (Å²) in [5, 5.41) is 10.6. The molecule has 0 fully saturated rings. The van der Waals surface area contributed by atoms with Crippen molar-refractivity contribution in [2.75, 3.05) is 6.61 Å². The molecule has 1 heterocycles. The molecule has 1 rings (SSSR count). The first-order chi connectivity index (χ1) is 4.84. The number of rotatable bonds is 3. The van der Waals surface area contributed by atoms with E-state index < -0.39 is 0 Å². The summed E-state index contributed by atoms with van der Waals surface area (Å²) in [5.41, 5.74) is 5.70. The van der Waals surface area contributed by atoms with Crippen molar-refractivity contribution in [1.82, 2.24) is 0 Å². The van der Waals surface area contributed by atoms with Crippen LogP contribution >= 0.6 is 11.3 Å². The van der Waals surface area contributed by atoms with Crippen molar-refractivity contribution >= 4 is 11.3 Å². The highest BCUT2D eigenvalue weighted by molar-refractivity contribution is 7.10. The fourth-order valence-electron chi connectivity index (χ4n) is 0.784. The zero-order valence-electron chi connectivity index (χ0n) is 5.66. The Bertz CT molecular complexity index is 174. The summed E-state index contributed by atoms with van der Waals surface area (Å²) >= 11 is 1.63. The molecular formula is C7H11NOS. The van der Waals surface area contributed by atoms with Gasteiger partial charge in [-0.15, -0.1) is 11.3 Å². The van der Waals surface area contributed by atoms with Gasteiger partial charge in [0, 0.05) is 17.5 Å². The quantitative estimate of drug-likeness (QED) is 0.691. The lowest BCUT2D eigenvalue weighted by molar-refractivity contribution is 0.277. The summed E-state index contributed by atoms with van der Waals surface area (Å²) in [5.74, 6) is 0. The molecule has 1 unspecified atom stereocenters. The first-order valence-electron chi connectivity index (χ1n) is 3.24. The smallest absolute Gasteiger partial charge is 0.0449 e. The highest BCUT2D eigenvalue weighted by Gasteiger charge is 2.04. The summed E-state index contributed by atoms with van der Waals surface area (Å²) in [7, 11) is 0. The summed E-state index contributed by atoms with van der Waals surface area (Å²) in [6.45, 7) is 0.166. The molecule has 0 radical (unpaired) electrons. The van der Waals surface area contributed by atoms with E-state index in [1.54, 1.807) is 11.3 Å². The molecule has 3 heteroatoms. The Hall–Kier alpha value is -0.380. The van der Waals surface area contributed by atoms with Crippen LogP contribution in [0.4, 0.5) is 0 Å². The largest absolute Gasteiger partial charge is 0.396 e. The lowest BCUT2D eigenvalue weighted by Gasteiger charge is -2.05. The van der Waals surface area contributed by atoms with E-state index in [1.807, 2.05) is 17.5 Å². The van der Waals surface area contributed by atoms with E-state index in [2.05, 4.69) is 0 Å². The fourth-order valence-corrected chi connectivity index (χ4v) is 1.55. The van der Waals surface area contributed by atoms with E-state index >= 15 is 0 Å². The van der Waals surface area contributed by atoms with Gasteiger partial charge in [-0.05, 0) is 17.9 Å². The molecule has 0 aliphatic heterocycles. The van der Waals surface area contributed by atoms with Crippen LogP contribution in [0.2, 0.25) is 0 Å². The number of hydrogen-bond acceptors (Lipinski definition) is 3. The van der Waals surface area contributed by atoms with Gasteiger partial charge in [-0.2, -0.15) is 0 Å². The second-order valence-corrected chi connectivity index (χ2v) is 3.11. The summed E-state index contributed by atoms with van der Waals surface area (Å²) in [6.07, 6.45) is 0.653. The number of aliphatic hydroxyl groups excluding tert-OH is 1. The molecule has 0 amide bonds. The van der Waals surface area contributed by atoms with E-state index in [9.17, 15) is 0 Å². The van der Waals surface area contributed by atoms with E-state index in [0.717, 1.165) is 4.88 Å². The van der Waals surface area contributed by atoms with E-state index in [4.69, 9.17) is 10.8 Å². The predicted molar refractivity (Wildman–Crippen MR) is 43.0 cm³/mol.